The minimum Gasteiger partial charge on any atom is -0.520 e. The lowest BCUT2D eigenvalue weighted by Gasteiger charge is -2.37. The highest BCUT2D eigenvalue weighted by Gasteiger charge is 2.38. The number of hydrogen-bond donors (Lipinski definition) is 0. The van der Waals surface area contributed by atoms with Gasteiger partial charge in [0.2, 0.25) is 0 Å². The van der Waals surface area contributed by atoms with Gasteiger partial charge in [0.1, 0.15) is 11.5 Å². The Morgan fingerprint density at radius 3 is 2.14 bits per heavy atom. The molecule has 0 N–H and O–H groups in total. The van der Waals surface area contributed by atoms with E-state index in [0.717, 1.165) is 11.5 Å². The van der Waals surface area contributed by atoms with Crippen LogP contribution in [0.5, 0.6) is 11.5 Å². The zero-order valence-electron chi connectivity index (χ0n) is 13.8. The maximum atomic E-state index is 6.28. The first-order chi connectivity index (χ1) is 9.69. The fourth-order valence-electron chi connectivity index (χ4n) is 1.93. The van der Waals surface area contributed by atoms with Gasteiger partial charge in [0.25, 0.3) is 0 Å². The van der Waals surface area contributed by atoms with Crippen molar-refractivity contribution in [2.45, 2.75) is 51.9 Å². The summed E-state index contributed by atoms with van der Waals surface area (Å²) in [6.07, 6.45) is 2.08. The van der Waals surface area contributed by atoms with E-state index in [1.807, 2.05) is 36.3 Å². The van der Waals surface area contributed by atoms with Gasteiger partial charge in [-0.1, -0.05) is 39.0 Å². The standard InChI is InChI=1S/C16H25BO3Si/c1-13(20-21(5,6)16(2,3)4)11-12-17-18-14-9-7-8-10-15(14)19-17/h7-13H,1-6H3/b12-11-. The van der Waals surface area contributed by atoms with Crippen molar-refractivity contribution in [3.05, 3.63) is 36.3 Å². The zero-order valence-corrected chi connectivity index (χ0v) is 14.8. The first-order valence-electron chi connectivity index (χ1n) is 7.47. The van der Waals surface area contributed by atoms with Crippen molar-refractivity contribution in [2.75, 3.05) is 0 Å². The van der Waals surface area contributed by atoms with Crippen LogP contribution in [0.4, 0.5) is 0 Å². The maximum absolute atomic E-state index is 6.28. The van der Waals surface area contributed by atoms with E-state index >= 15 is 0 Å². The summed E-state index contributed by atoms with van der Waals surface area (Å²) in [5.41, 5.74) is 0. The second-order valence-corrected chi connectivity index (χ2v) is 11.8. The molecule has 21 heavy (non-hydrogen) atoms. The third kappa shape index (κ3) is 3.92. The van der Waals surface area contributed by atoms with Crippen molar-refractivity contribution >= 4 is 15.4 Å². The van der Waals surface area contributed by atoms with Crippen LogP contribution in [0.15, 0.2) is 36.3 Å². The van der Waals surface area contributed by atoms with Crippen LogP contribution in [0.3, 0.4) is 0 Å². The van der Waals surface area contributed by atoms with Crippen LogP contribution < -0.4 is 9.31 Å². The zero-order chi connectivity index (χ0) is 15.7. The van der Waals surface area contributed by atoms with Gasteiger partial charge in [0.15, 0.2) is 8.32 Å². The Labute approximate surface area is 129 Å². The Morgan fingerprint density at radius 2 is 1.67 bits per heavy atom. The molecule has 1 unspecified atom stereocenters. The van der Waals surface area contributed by atoms with Gasteiger partial charge in [0.05, 0.1) is 6.10 Å². The van der Waals surface area contributed by atoms with Crippen LogP contribution in [0.2, 0.25) is 18.1 Å². The molecule has 0 bridgehead atoms. The van der Waals surface area contributed by atoms with Crippen molar-refractivity contribution in [1.82, 2.24) is 0 Å². The fraction of sp³-hybridized carbons (Fsp3) is 0.500. The quantitative estimate of drug-likeness (QED) is 0.769. The molecule has 0 saturated carbocycles. The predicted molar refractivity (Wildman–Crippen MR) is 90.3 cm³/mol. The van der Waals surface area contributed by atoms with Gasteiger partial charge in [-0.05, 0) is 43.2 Å². The monoisotopic (exact) mass is 304 g/mol. The van der Waals surface area contributed by atoms with Gasteiger partial charge in [-0.3, -0.25) is 0 Å². The second-order valence-electron chi connectivity index (χ2n) is 7.02. The topological polar surface area (TPSA) is 27.7 Å². The van der Waals surface area contributed by atoms with Crippen LogP contribution >= 0.6 is 0 Å². The molecule has 3 nitrogen and oxygen atoms in total. The van der Waals surface area contributed by atoms with Gasteiger partial charge < -0.3 is 13.7 Å². The van der Waals surface area contributed by atoms with E-state index in [9.17, 15) is 0 Å². The summed E-state index contributed by atoms with van der Waals surface area (Å²) < 4.78 is 17.7. The van der Waals surface area contributed by atoms with Gasteiger partial charge in [-0.25, -0.2) is 0 Å². The van der Waals surface area contributed by atoms with Crippen molar-refractivity contribution in [2.24, 2.45) is 0 Å². The van der Waals surface area contributed by atoms with Crippen LogP contribution in [-0.4, -0.2) is 21.5 Å². The molecule has 114 valence electrons. The fourth-order valence-corrected chi connectivity index (χ4v) is 3.29. The first-order valence-corrected chi connectivity index (χ1v) is 10.4. The largest absolute Gasteiger partial charge is 0.624 e. The molecule has 1 aliphatic rings. The maximum Gasteiger partial charge on any atom is 0.624 e. The summed E-state index contributed by atoms with van der Waals surface area (Å²) in [4.78, 5) is 0. The molecular weight excluding hydrogens is 279 g/mol. The Morgan fingerprint density at radius 1 is 1.14 bits per heavy atom. The van der Waals surface area contributed by atoms with E-state index in [1.165, 1.54) is 0 Å². The third-order valence-corrected chi connectivity index (χ3v) is 8.73. The molecule has 0 saturated heterocycles. The van der Waals surface area contributed by atoms with E-state index in [0.29, 0.717) is 0 Å². The molecule has 2 rings (SSSR count). The number of rotatable bonds is 4. The molecular formula is C16H25BO3Si. The lowest BCUT2D eigenvalue weighted by atomic mass is 9.90. The van der Waals surface area contributed by atoms with Crippen LogP contribution in [0.25, 0.3) is 0 Å². The highest BCUT2D eigenvalue weighted by Crippen LogP contribution is 2.37. The lowest BCUT2D eigenvalue weighted by Crippen LogP contribution is -2.43. The molecule has 1 aromatic carbocycles. The van der Waals surface area contributed by atoms with Crippen molar-refractivity contribution in [1.29, 1.82) is 0 Å². The van der Waals surface area contributed by atoms with E-state index in [4.69, 9.17) is 13.7 Å². The van der Waals surface area contributed by atoms with Crippen molar-refractivity contribution < 1.29 is 13.7 Å². The Balaban J connectivity index is 1.91. The van der Waals surface area contributed by atoms with Crippen LogP contribution in [0, 0.1) is 0 Å². The molecule has 0 spiro atoms. The van der Waals surface area contributed by atoms with Crippen LogP contribution in [0.1, 0.15) is 27.7 Å². The minimum absolute atomic E-state index is 0.0572. The highest BCUT2D eigenvalue weighted by molar-refractivity contribution is 6.74. The molecule has 1 aromatic rings. The molecule has 1 atom stereocenters. The first kappa shape index (κ1) is 16.2. The molecule has 1 heterocycles. The van der Waals surface area contributed by atoms with Crippen molar-refractivity contribution in [3.8, 4) is 11.5 Å². The smallest absolute Gasteiger partial charge is 0.520 e. The number of para-hydroxylation sites is 2. The van der Waals surface area contributed by atoms with Crippen LogP contribution in [-0.2, 0) is 4.43 Å². The molecule has 0 aliphatic carbocycles. The average molecular weight is 304 g/mol. The van der Waals surface area contributed by atoms with E-state index in [-0.39, 0.29) is 18.3 Å². The normalized spacial score (nSPS) is 16.6. The Hall–Kier alpha value is -1.20. The molecule has 0 aromatic heterocycles. The van der Waals surface area contributed by atoms with Crippen molar-refractivity contribution in [3.63, 3.8) is 0 Å². The van der Waals surface area contributed by atoms with Gasteiger partial charge in [-0.2, -0.15) is 0 Å². The molecule has 1 aliphatic heterocycles. The van der Waals surface area contributed by atoms with E-state index < -0.39 is 8.32 Å². The summed E-state index contributed by atoms with van der Waals surface area (Å²) in [5.74, 6) is 3.52. The molecule has 0 radical (unpaired) electrons. The Bertz CT molecular complexity index is 497. The van der Waals surface area contributed by atoms with Gasteiger partial charge in [0, 0.05) is 0 Å². The summed E-state index contributed by atoms with van der Waals surface area (Å²) in [5, 5.41) is 0.214. The van der Waals surface area contributed by atoms with Gasteiger partial charge in [-0.15, -0.1) is 0 Å². The third-order valence-electron chi connectivity index (χ3n) is 4.16. The summed E-state index contributed by atoms with van der Waals surface area (Å²) in [7, 11) is -2.10. The summed E-state index contributed by atoms with van der Waals surface area (Å²) in [6.45, 7) is 13.3. The highest BCUT2D eigenvalue weighted by atomic mass is 28.4. The number of fused-ring (bicyclic) bond motifs is 1. The summed E-state index contributed by atoms with van der Waals surface area (Å²) in [6, 6.07) is 7.71. The summed E-state index contributed by atoms with van der Waals surface area (Å²) >= 11 is 0. The van der Waals surface area contributed by atoms with E-state index in [2.05, 4.69) is 40.8 Å². The minimum atomic E-state index is -1.74. The average Bonchev–Trinajstić information content (AvgIpc) is 2.77. The molecule has 5 heteroatoms. The van der Waals surface area contributed by atoms with E-state index in [1.54, 1.807) is 0 Å². The second kappa shape index (κ2) is 5.89. The predicted octanol–water partition coefficient (Wildman–Crippen LogP) is 4.45. The Kier molecular flexibility index (Phi) is 4.54. The lowest BCUT2D eigenvalue weighted by molar-refractivity contribution is 0.243. The van der Waals surface area contributed by atoms with Gasteiger partial charge >= 0.3 is 7.12 Å². The SMILES string of the molecule is CC(/C=C\B1Oc2ccccc2O1)O[Si](C)(C)C(C)(C)C. The molecule has 0 amide bonds. The molecule has 0 fully saturated rings. The number of hydrogen-bond acceptors (Lipinski definition) is 3. The number of benzene rings is 1.